The van der Waals surface area contributed by atoms with E-state index < -0.39 is 0 Å². The number of hydrogen-bond acceptors (Lipinski definition) is 2. The largest absolute Gasteiger partial charge is 0.335 e. The van der Waals surface area contributed by atoms with Crippen molar-refractivity contribution < 1.29 is 14.0 Å². The van der Waals surface area contributed by atoms with Gasteiger partial charge in [-0.1, -0.05) is 12.1 Å². The molecule has 0 saturated heterocycles. The highest BCUT2D eigenvalue weighted by Crippen LogP contribution is 2.12. The Morgan fingerprint density at radius 2 is 1.88 bits per heavy atom. The normalized spacial score (nSPS) is 11.4. The van der Waals surface area contributed by atoms with Gasteiger partial charge in [0.05, 0.1) is 0 Å². The number of amides is 1. The number of carbonyl (C=O) groups excluding carboxylic acids is 2. The van der Waals surface area contributed by atoms with Gasteiger partial charge in [-0.3, -0.25) is 9.59 Å². The summed E-state index contributed by atoms with van der Waals surface area (Å²) in [6.07, 6.45) is 5.61. The van der Waals surface area contributed by atoms with Gasteiger partial charge in [0.25, 0.3) is 0 Å². The molecule has 3 nitrogen and oxygen atoms in total. The molecular weight excluding hydrogens is 209 g/mol. The number of benzene rings is 1. The molecule has 0 aromatic heterocycles. The predicted molar refractivity (Wildman–Crippen MR) is 58.8 cm³/mol. The topological polar surface area (TPSA) is 46.2 Å². The molecule has 0 unspecified atom stereocenters. The van der Waals surface area contributed by atoms with Crippen molar-refractivity contribution in [3.8, 4) is 0 Å². The molecule has 1 aromatic rings. The summed E-state index contributed by atoms with van der Waals surface area (Å²) in [5.74, 6) is -0.354. The second-order valence-electron chi connectivity index (χ2n) is 2.89. The molecule has 0 atom stereocenters. The van der Waals surface area contributed by atoms with E-state index >= 15 is 0 Å². The molecule has 0 radical (unpaired) electrons. The van der Waals surface area contributed by atoms with E-state index in [-0.39, 0.29) is 5.82 Å². The fourth-order valence-corrected chi connectivity index (χ4v) is 1.09. The first-order valence-electron chi connectivity index (χ1n) is 4.55. The summed E-state index contributed by atoms with van der Waals surface area (Å²) >= 11 is 0. The Hall–Kier alpha value is -2.23. The van der Waals surface area contributed by atoms with Gasteiger partial charge in [-0.15, -0.1) is 0 Å². The van der Waals surface area contributed by atoms with Crippen LogP contribution in [0.1, 0.15) is 5.56 Å². The van der Waals surface area contributed by atoms with E-state index in [0.29, 0.717) is 23.8 Å². The van der Waals surface area contributed by atoms with Crippen LogP contribution < -0.4 is 5.32 Å². The van der Waals surface area contributed by atoms with Gasteiger partial charge in [-0.05, 0) is 29.8 Å². The van der Waals surface area contributed by atoms with E-state index in [9.17, 15) is 14.0 Å². The number of rotatable bonds is 5. The molecule has 0 fully saturated rings. The van der Waals surface area contributed by atoms with Crippen LogP contribution in [0.25, 0.3) is 5.57 Å². The van der Waals surface area contributed by atoms with Crippen LogP contribution >= 0.6 is 0 Å². The summed E-state index contributed by atoms with van der Waals surface area (Å²) in [7, 11) is 0. The van der Waals surface area contributed by atoms with Gasteiger partial charge in [0, 0.05) is 11.8 Å². The van der Waals surface area contributed by atoms with Gasteiger partial charge in [0.2, 0.25) is 6.41 Å². The van der Waals surface area contributed by atoms with Crippen LogP contribution in [0.4, 0.5) is 4.39 Å². The lowest BCUT2D eigenvalue weighted by Crippen LogP contribution is -1.97. The monoisotopic (exact) mass is 219 g/mol. The van der Waals surface area contributed by atoms with Crippen LogP contribution in [0, 0.1) is 5.82 Å². The van der Waals surface area contributed by atoms with Crippen LogP contribution in [0.5, 0.6) is 0 Å². The van der Waals surface area contributed by atoms with Crippen molar-refractivity contribution in [2.45, 2.75) is 0 Å². The molecule has 0 heterocycles. The number of aldehydes is 1. The fraction of sp³-hybridized carbons (Fsp3) is 0. The molecule has 16 heavy (non-hydrogen) atoms. The summed E-state index contributed by atoms with van der Waals surface area (Å²) in [5, 5.41) is 2.31. The lowest BCUT2D eigenvalue weighted by molar-refractivity contribution is -0.108. The molecule has 82 valence electrons. The van der Waals surface area contributed by atoms with Gasteiger partial charge in [-0.2, -0.15) is 0 Å². The number of carbonyl (C=O) groups is 2. The Morgan fingerprint density at radius 1 is 1.19 bits per heavy atom. The van der Waals surface area contributed by atoms with Gasteiger partial charge in [0.15, 0.2) is 6.29 Å². The maximum atomic E-state index is 12.6. The lowest BCUT2D eigenvalue weighted by atomic mass is 10.1. The van der Waals surface area contributed by atoms with E-state index in [4.69, 9.17) is 0 Å². The van der Waals surface area contributed by atoms with Crippen molar-refractivity contribution in [2.24, 2.45) is 0 Å². The molecule has 0 spiro atoms. The summed E-state index contributed by atoms with van der Waals surface area (Å²) < 4.78 is 12.6. The van der Waals surface area contributed by atoms with Crippen molar-refractivity contribution in [3.05, 3.63) is 54.0 Å². The third-order valence-corrected chi connectivity index (χ3v) is 1.84. The number of allylic oxidation sites excluding steroid dienone is 3. The average Bonchev–Trinajstić information content (AvgIpc) is 2.31. The van der Waals surface area contributed by atoms with E-state index in [0.717, 1.165) is 0 Å². The Morgan fingerprint density at radius 3 is 2.44 bits per heavy atom. The smallest absolute Gasteiger partial charge is 0.211 e. The van der Waals surface area contributed by atoms with Crippen LogP contribution in [-0.2, 0) is 9.59 Å². The van der Waals surface area contributed by atoms with Gasteiger partial charge in [0.1, 0.15) is 5.82 Å². The van der Waals surface area contributed by atoms with Gasteiger partial charge >= 0.3 is 0 Å². The Labute approximate surface area is 92.3 Å². The molecule has 1 rings (SSSR count). The summed E-state index contributed by atoms with van der Waals surface area (Å²) in [4.78, 5) is 20.7. The molecule has 0 aliphatic carbocycles. The first-order chi connectivity index (χ1) is 7.77. The molecule has 1 amide bonds. The zero-order valence-electron chi connectivity index (χ0n) is 8.39. The van der Waals surface area contributed by atoms with Crippen LogP contribution in [0.3, 0.4) is 0 Å². The van der Waals surface area contributed by atoms with Gasteiger partial charge in [-0.25, -0.2) is 4.39 Å². The number of hydrogen-bond donors (Lipinski definition) is 1. The quantitative estimate of drug-likeness (QED) is 0.465. The van der Waals surface area contributed by atoms with Crippen molar-refractivity contribution >= 4 is 18.3 Å². The molecule has 0 saturated carbocycles. The zero-order chi connectivity index (χ0) is 11.8. The van der Waals surface area contributed by atoms with Crippen molar-refractivity contribution in [2.75, 3.05) is 0 Å². The summed E-state index contributed by atoms with van der Waals surface area (Å²) in [6.45, 7) is 0. The SMILES string of the molecule is O=CN/C=C\C=C(\C=O)c1ccc(F)cc1. The van der Waals surface area contributed by atoms with Crippen molar-refractivity contribution in [1.29, 1.82) is 0 Å². The second-order valence-corrected chi connectivity index (χ2v) is 2.89. The minimum absolute atomic E-state index is 0.354. The maximum Gasteiger partial charge on any atom is 0.211 e. The highest BCUT2D eigenvalue weighted by molar-refractivity contribution is 6.07. The van der Waals surface area contributed by atoms with Crippen LogP contribution in [0.15, 0.2) is 42.6 Å². The standard InChI is InChI=1S/C12H10FNO2/c13-12-5-3-10(4-6-12)11(8-15)2-1-7-14-9-16/h1-9H,(H,14,16)/b7-1-,11-2-. The molecule has 0 aliphatic rings. The number of nitrogens with one attached hydrogen (secondary N) is 1. The van der Waals surface area contributed by atoms with Crippen molar-refractivity contribution in [1.82, 2.24) is 5.32 Å². The third kappa shape index (κ3) is 3.49. The van der Waals surface area contributed by atoms with Crippen molar-refractivity contribution in [3.63, 3.8) is 0 Å². The first kappa shape index (κ1) is 11.8. The highest BCUT2D eigenvalue weighted by Gasteiger charge is 1.98. The van der Waals surface area contributed by atoms with E-state index in [1.54, 1.807) is 0 Å². The molecule has 1 N–H and O–H groups in total. The Balaban J connectivity index is 2.85. The summed E-state index contributed by atoms with van der Waals surface area (Å²) in [6, 6.07) is 5.58. The first-order valence-corrected chi connectivity index (χ1v) is 4.55. The van der Waals surface area contributed by atoms with Crippen LogP contribution in [0.2, 0.25) is 0 Å². The second kappa shape index (κ2) is 6.29. The molecular formula is C12H10FNO2. The number of halogens is 1. The summed E-state index contributed by atoms with van der Waals surface area (Å²) in [5.41, 5.74) is 1.02. The highest BCUT2D eigenvalue weighted by atomic mass is 19.1. The molecule has 0 bridgehead atoms. The minimum atomic E-state index is -0.354. The van der Waals surface area contributed by atoms with E-state index in [1.807, 2.05) is 0 Å². The Bertz CT molecular complexity index is 421. The van der Waals surface area contributed by atoms with Gasteiger partial charge < -0.3 is 5.32 Å². The minimum Gasteiger partial charge on any atom is -0.335 e. The zero-order valence-corrected chi connectivity index (χ0v) is 8.39. The van der Waals surface area contributed by atoms with E-state index in [2.05, 4.69) is 5.32 Å². The Kier molecular flexibility index (Phi) is 4.66. The van der Waals surface area contributed by atoms with E-state index in [1.165, 1.54) is 42.6 Å². The fourth-order valence-electron chi connectivity index (χ4n) is 1.09. The average molecular weight is 219 g/mol. The molecule has 0 aliphatic heterocycles. The lowest BCUT2D eigenvalue weighted by Gasteiger charge is -1.98. The maximum absolute atomic E-state index is 12.6. The third-order valence-electron chi connectivity index (χ3n) is 1.84. The molecule has 1 aromatic carbocycles. The predicted octanol–water partition coefficient (Wildman–Crippen LogP) is 1.67. The van der Waals surface area contributed by atoms with Crippen LogP contribution in [-0.4, -0.2) is 12.7 Å². The molecule has 4 heteroatoms.